The van der Waals surface area contributed by atoms with Crippen molar-refractivity contribution in [2.24, 2.45) is 0 Å². The van der Waals surface area contributed by atoms with Crippen molar-refractivity contribution in [3.63, 3.8) is 0 Å². The molecule has 0 bridgehead atoms. The number of carbonyl (C=O) groups excluding carboxylic acids is 1. The second kappa shape index (κ2) is 7.54. The topological polar surface area (TPSA) is 67.6 Å². The van der Waals surface area contributed by atoms with E-state index in [4.69, 9.17) is 16.6 Å². The van der Waals surface area contributed by atoms with Gasteiger partial charge >= 0.3 is 6.18 Å². The molecule has 0 N–H and O–H groups in total. The maximum absolute atomic E-state index is 12.9. The number of alkyl halides is 3. The van der Waals surface area contributed by atoms with E-state index in [1.54, 1.807) is 6.07 Å². The highest BCUT2D eigenvalue weighted by Crippen LogP contribution is 2.37. The zero-order valence-electron chi connectivity index (χ0n) is 15.2. The molecule has 4 rings (SSSR count). The van der Waals surface area contributed by atoms with Crippen molar-refractivity contribution in [2.45, 2.75) is 18.6 Å². The maximum Gasteiger partial charge on any atom is 0.416 e. The van der Waals surface area contributed by atoms with Gasteiger partial charge in [0, 0.05) is 11.6 Å². The third-order valence-corrected chi connectivity index (χ3v) is 7.85. The van der Waals surface area contributed by atoms with E-state index in [9.17, 15) is 26.4 Å². The van der Waals surface area contributed by atoms with E-state index in [2.05, 4.69) is 0 Å². The fraction of sp³-hybridized carbons (Fsp3) is 0.263. The molecule has 0 aliphatic carbocycles. The number of rotatable bonds is 3. The first-order valence-electron chi connectivity index (χ1n) is 8.78. The Morgan fingerprint density at radius 3 is 2.67 bits per heavy atom. The van der Waals surface area contributed by atoms with Crippen LogP contribution in [0, 0.1) is 0 Å². The van der Waals surface area contributed by atoms with Crippen LogP contribution < -0.4 is 0 Å². The molecule has 30 heavy (non-hydrogen) atoms. The minimum absolute atomic E-state index is 0.0201. The van der Waals surface area contributed by atoms with Gasteiger partial charge in [-0.1, -0.05) is 36.1 Å². The number of hydrogen-bond acceptors (Lipinski definition) is 6. The lowest BCUT2D eigenvalue weighted by molar-refractivity contribution is -0.137. The number of furan rings is 1. The molecule has 0 spiro atoms. The summed E-state index contributed by atoms with van der Waals surface area (Å²) in [6, 6.07) is 7.34. The summed E-state index contributed by atoms with van der Waals surface area (Å²) in [5.41, 5.74) is -0.529. The normalized spacial score (nSPS) is 23.0. The van der Waals surface area contributed by atoms with Crippen LogP contribution in [0.15, 0.2) is 45.7 Å². The number of sulfone groups is 1. The lowest BCUT2D eigenvalue weighted by Gasteiger charge is -2.20. The first-order valence-corrected chi connectivity index (χ1v) is 11.8. The van der Waals surface area contributed by atoms with Gasteiger partial charge in [0.25, 0.3) is 5.91 Å². The SMILES string of the molecule is O=C1/C(=C\c2ccc(-c3cccc(C(F)(F)F)c3)o2)SC(=S)N1[C@H]1CCS(=O)(=O)C1. The summed E-state index contributed by atoms with van der Waals surface area (Å²) in [6.45, 7) is 0. The quantitative estimate of drug-likeness (QED) is 0.488. The van der Waals surface area contributed by atoms with Gasteiger partial charge in [-0.15, -0.1) is 0 Å². The largest absolute Gasteiger partial charge is 0.457 e. The molecule has 1 atom stereocenters. The monoisotopic (exact) mass is 473 g/mol. The number of thiocarbonyl (C=S) groups is 1. The van der Waals surface area contributed by atoms with E-state index in [0.717, 1.165) is 23.9 Å². The molecule has 1 amide bonds. The Hall–Kier alpha value is -2.11. The molecule has 11 heteroatoms. The number of amides is 1. The smallest absolute Gasteiger partial charge is 0.416 e. The molecule has 0 radical (unpaired) electrons. The van der Waals surface area contributed by atoms with Crippen molar-refractivity contribution in [3.05, 3.63) is 52.6 Å². The van der Waals surface area contributed by atoms with Crippen molar-refractivity contribution < 1.29 is 30.8 Å². The van der Waals surface area contributed by atoms with Gasteiger partial charge in [-0.05, 0) is 30.7 Å². The number of nitrogens with zero attached hydrogens (tertiary/aromatic N) is 1. The van der Waals surface area contributed by atoms with Gasteiger partial charge in [-0.2, -0.15) is 13.2 Å². The number of carbonyl (C=O) groups is 1. The van der Waals surface area contributed by atoms with Gasteiger partial charge in [0.05, 0.1) is 28.0 Å². The molecule has 5 nitrogen and oxygen atoms in total. The van der Waals surface area contributed by atoms with Crippen LogP contribution in [0.4, 0.5) is 13.2 Å². The molecule has 158 valence electrons. The number of benzene rings is 1. The van der Waals surface area contributed by atoms with Crippen LogP contribution in [0.25, 0.3) is 17.4 Å². The molecule has 2 saturated heterocycles. The van der Waals surface area contributed by atoms with Crippen molar-refractivity contribution in [2.75, 3.05) is 11.5 Å². The highest BCUT2D eigenvalue weighted by Gasteiger charge is 2.42. The van der Waals surface area contributed by atoms with Crippen LogP contribution in [0.2, 0.25) is 0 Å². The summed E-state index contributed by atoms with van der Waals surface area (Å²) < 4.78 is 68.1. The summed E-state index contributed by atoms with van der Waals surface area (Å²) in [4.78, 5) is 14.3. The van der Waals surface area contributed by atoms with E-state index >= 15 is 0 Å². The summed E-state index contributed by atoms with van der Waals surface area (Å²) in [6.07, 6.45) is -2.67. The fourth-order valence-electron chi connectivity index (χ4n) is 3.34. The molecule has 2 aliphatic rings. The Morgan fingerprint density at radius 2 is 2.00 bits per heavy atom. The van der Waals surface area contributed by atoms with Crippen LogP contribution in [-0.4, -0.2) is 41.1 Å². The van der Waals surface area contributed by atoms with E-state index < -0.39 is 33.5 Å². The molecule has 3 heterocycles. The minimum Gasteiger partial charge on any atom is -0.457 e. The van der Waals surface area contributed by atoms with Crippen molar-refractivity contribution in [1.29, 1.82) is 0 Å². The average molecular weight is 474 g/mol. The predicted molar refractivity (Wildman–Crippen MR) is 111 cm³/mol. The van der Waals surface area contributed by atoms with Crippen molar-refractivity contribution in [3.8, 4) is 11.3 Å². The second-order valence-electron chi connectivity index (χ2n) is 6.89. The summed E-state index contributed by atoms with van der Waals surface area (Å²) >= 11 is 6.29. The third kappa shape index (κ3) is 4.19. The third-order valence-electron chi connectivity index (χ3n) is 4.77. The molecular formula is C19H14F3NO4S3. The number of thioether (sulfide) groups is 1. The zero-order chi connectivity index (χ0) is 21.7. The standard InChI is InChI=1S/C19H14F3NO4S3/c20-19(21,22)12-3-1-2-11(8-12)15-5-4-14(27-15)9-16-17(24)23(18(28)29-16)13-6-7-30(25,26)10-13/h1-5,8-9,13H,6-7,10H2/b16-9+/t13-/m0/s1. The molecule has 1 aromatic carbocycles. The van der Waals surface area contributed by atoms with E-state index in [1.165, 1.54) is 29.2 Å². The van der Waals surface area contributed by atoms with Gasteiger partial charge in [-0.3, -0.25) is 9.69 Å². The second-order valence-corrected chi connectivity index (χ2v) is 10.8. The predicted octanol–water partition coefficient (Wildman–Crippen LogP) is 4.35. The van der Waals surface area contributed by atoms with Gasteiger partial charge < -0.3 is 4.42 Å². The average Bonchev–Trinajstić information content (AvgIpc) is 3.33. The number of hydrogen-bond donors (Lipinski definition) is 0. The fourth-order valence-corrected chi connectivity index (χ4v) is 6.42. The van der Waals surface area contributed by atoms with E-state index in [-0.39, 0.29) is 37.8 Å². The zero-order valence-corrected chi connectivity index (χ0v) is 17.6. The summed E-state index contributed by atoms with van der Waals surface area (Å²) in [7, 11) is -3.18. The number of halogens is 3. The highest BCUT2D eigenvalue weighted by atomic mass is 32.2. The molecular weight excluding hydrogens is 459 g/mol. The summed E-state index contributed by atoms with van der Waals surface area (Å²) in [5.74, 6) is 0.00947. The van der Waals surface area contributed by atoms with Crippen LogP contribution in [0.3, 0.4) is 0 Å². The first-order chi connectivity index (χ1) is 14.0. The van der Waals surface area contributed by atoms with Crippen molar-refractivity contribution >= 4 is 50.1 Å². The summed E-state index contributed by atoms with van der Waals surface area (Å²) in [5, 5.41) is 0. The van der Waals surface area contributed by atoms with Crippen LogP contribution in [0.5, 0.6) is 0 Å². The van der Waals surface area contributed by atoms with Crippen LogP contribution in [-0.2, 0) is 20.8 Å². The Labute approximate surface area is 179 Å². The van der Waals surface area contributed by atoms with Crippen molar-refractivity contribution in [1.82, 2.24) is 4.90 Å². The molecule has 2 aliphatic heterocycles. The van der Waals surface area contributed by atoms with Crippen LogP contribution in [0.1, 0.15) is 17.7 Å². The van der Waals surface area contributed by atoms with Gasteiger partial charge in [0.15, 0.2) is 9.84 Å². The van der Waals surface area contributed by atoms with E-state index in [0.29, 0.717) is 6.42 Å². The van der Waals surface area contributed by atoms with Crippen LogP contribution >= 0.6 is 24.0 Å². The molecule has 2 aromatic rings. The Kier molecular flexibility index (Phi) is 5.31. The minimum atomic E-state index is -4.47. The van der Waals surface area contributed by atoms with Gasteiger partial charge in [0.1, 0.15) is 15.8 Å². The lowest BCUT2D eigenvalue weighted by atomic mass is 10.1. The highest BCUT2D eigenvalue weighted by molar-refractivity contribution is 8.26. The maximum atomic E-state index is 12.9. The molecule has 2 fully saturated rings. The first kappa shape index (κ1) is 21.1. The van der Waals surface area contributed by atoms with Gasteiger partial charge in [0.2, 0.25) is 0 Å². The Balaban J connectivity index is 1.56. The lowest BCUT2D eigenvalue weighted by Crippen LogP contribution is -2.39. The van der Waals surface area contributed by atoms with Gasteiger partial charge in [-0.25, -0.2) is 8.42 Å². The molecule has 1 aromatic heterocycles. The Morgan fingerprint density at radius 1 is 1.23 bits per heavy atom. The van der Waals surface area contributed by atoms with E-state index in [1.807, 2.05) is 0 Å². The molecule has 0 saturated carbocycles. The molecule has 0 unspecified atom stereocenters. The Bertz CT molecular complexity index is 1170.